The van der Waals surface area contributed by atoms with Crippen molar-refractivity contribution in [3.8, 4) is 0 Å². The quantitative estimate of drug-likeness (QED) is 0.733. The Morgan fingerprint density at radius 3 is 2.69 bits per heavy atom. The van der Waals surface area contributed by atoms with Gasteiger partial charge in [-0.2, -0.15) is 0 Å². The summed E-state index contributed by atoms with van der Waals surface area (Å²) in [6, 6.07) is -0.715. The highest BCUT2D eigenvalue weighted by molar-refractivity contribution is 4.76. The van der Waals surface area contributed by atoms with E-state index in [0.717, 1.165) is 13.0 Å². The number of halogens is 2. The van der Waals surface area contributed by atoms with Crippen LogP contribution in [0.25, 0.3) is 0 Å². The molecule has 0 spiro atoms. The number of nitrogens with one attached hydrogen (secondary N) is 1. The van der Waals surface area contributed by atoms with Gasteiger partial charge in [0.15, 0.2) is 0 Å². The van der Waals surface area contributed by atoms with Gasteiger partial charge in [-0.05, 0) is 26.2 Å². The van der Waals surface area contributed by atoms with Crippen molar-refractivity contribution < 1.29 is 13.5 Å². The molecule has 1 saturated heterocycles. The topological polar surface area (TPSA) is 21.3 Å². The smallest absolute Gasteiger partial charge is 0.253 e. The predicted octanol–water partition coefficient (Wildman–Crippen LogP) is 1.65. The lowest BCUT2D eigenvalue weighted by Crippen LogP contribution is -2.37. The fourth-order valence-electron chi connectivity index (χ4n) is 1.47. The van der Waals surface area contributed by atoms with E-state index < -0.39 is 12.5 Å². The molecule has 0 saturated carbocycles. The summed E-state index contributed by atoms with van der Waals surface area (Å²) < 4.78 is 29.5. The zero-order valence-corrected chi connectivity index (χ0v) is 8.09. The Hall–Kier alpha value is -0.220. The summed E-state index contributed by atoms with van der Waals surface area (Å²) in [5.74, 6) is 0.390. The molecule has 78 valence electrons. The number of rotatable bonds is 4. The largest absolute Gasteiger partial charge is 0.378 e. The van der Waals surface area contributed by atoms with Crippen LogP contribution in [-0.2, 0) is 4.74 Å². The number of ether oxygens (including phenoxy) is 1. The van der Waals surface area contributed by atoms with Crippen molar-refractivity contribution in [3.63, 3.8) is 0 Å². The van der Waals surface area contributed by atoms with Gasteiger partial charge >= 0.3 is 0 Å². The van der Waals surface area contributed by atoms with Crippen molar-refractivity contribution in [2.45, 2.75) is 38.8 Å². The van der Waals surface area contributed by atoms with E-state index in [0.29, 0.717) is 12.5 Å². The Labute approximate surface area is 77.6 Å². The molecule has 1 heterocycles. The molecule has 1 fully saturated rings. The van der Waals surface area contributed by atoms with Gasteiger partial charge in [0, 0.05) is 13.2 Å². The normalized spacial score (nSPS) is 31.2. The minimum absolute atomic E-state index is 0.206. The molecule has 3 atom stereocenters. The van der Waals surface area contributed by atoms with Gasteiger partial charge in [-0.25, -0.2) is 8.78 Å². The van der Waals surface area contributed by atoms with Crippen molar-refractivity contribution in [1.82, 2.24) is 5.32 Å². The second-order valence-corrected chi connectivity index (χ2v) is 3.66. The van der Waals surface area contributed by atoms with Crippen LogP contribution < -0.4 is 5.32 Å². The molecule has 0 radical (unpaired) electrons. The van der Waals surface area contributed by atoms with E-state index in [9.17, 15) is 8.78 Å². The summed E-state index contributed by atoms with van der Waals surface area (Å²) in [6.07, 6.45) is -1.10. The van der Waals surface area contributed by atoms with Crippen LogP contribution in [0.3, 0.4) is 0 Å². The second-order valence-electron chi connectivity index (χ2n) is 3.66. The fraction of sp³-hybridized carbons (Fsp3) is 1.00. The van der Waals surface area contributed by atoms with Crippen LogP contribution in [0.2, 0.25) is 0 Å². The predicted molar refractivity (Wildman–Crippen MR) is 47.0 cm³/mol. The number of hydrogen-bond donors (Lipinski definition) is 1. The molecule has 1 N–H and O–H groups in total. The highest BCUT2D eigenvalue weighted by Crippen LogP contribution is 2.19. The zero-order valence-electron chi connectivity index (χ0n) is 8.09. The van der Waals surface area contributed by atoms with Crippen LogP contribution in [0, 0.1) is 5.92 Å². The first-order valence-corrected chi connectivity index (χ1v) is 4.74. The third-order valence-electron chi connectivity index (χ3n) is 2.61. The summed E-state index contributed by atoms with van der Waals surface area (Å²) in [4.78, 5) is 0. The molecule has 13 heavy (non-hydrogen) atoms. The minimum atomic E-state index is -2.28. The summed E-state index contributed by atoms with van der Waals surface area (Å²) in [5, 5.41) is 2.82. The maximum absolute atomic E-state index is 12.1. The molecule has 4 heteroatoms. The molecule has 1 aliphatic rings. The van der Waals surface area contributed by atoms with Crippen LogP contribution in [0.1, 0.15) is 20.3 Å². The van der Waals surface area contributed by atoms with Gasteiger partial charge in [-0.15, -0.1) is 0 Å². The van der Waals surface area contributed by atoms with Gasteiger partial charge in [-0.3, -0.25) is 0 Å². The minimum Gasteiger partial charge on any atom is -0.378 e. The van der Waals surface area contributed by atoms with E-state index in [1.807, 2.05) is 6.92 Å². The lowest BCUT2D eigenvalue weighted by molar-refractivity contribution is 0.0890. The Kier molecular flexibility index (Phi) is 4.06. The van der Waals surface area contributed by atoms with Gasteiger partial charge in [0.1, 0.15) is 0 Å². The Bertz CT molecular complexity index is 155. The lowest BCUT2D eigenvalue weighted by atomic mass is 10.0. The first kappa shape index (κ1) is 10.9. The van der Waals surface area contributed by atoms with Crippen molar-refractivity contribution in [1.29, 1.82) is 0 Å². The molecular weight excluding hydrogens is 176 g/mol. The van der Waals surface area contributed by atoms with E-state index in [1.165, 1.54) is 6.92 Å². The van der Waals surface area contributed by atoms with Crippen LogP contribution in [0.4, 0.5) is 8.78 Å². The molecule has 1 rings (SSSR count). The molecule has 2 nitrogen and oxygen atoms in total. The van der Waals surface area contributed by atoms with Crippen LogP contribution in [0.15, 0.2) is 0 Å². The van der Waals surface area contributed by atoms with E-state index in [1.54, 1.807) is 0 Å². The van der Waals surface area contributed by atoms with Crippen LogP contribution in [0.5, 0.6) is 0 Å². The van der Waals surface area contributed by atoms with Crippen molar-refractivity contribution >= 4 is 0 Å². The lowest BCUT2D eigenvalue weighted by Gasteiger charge is -2.18. The van der Waals surface area contributed by atoms with Crippen molar-refractivity contribution in [2.75, 3.05) is 13.2 Å². The maximum Gasteiger partial charge on any atom is 0.253 e. The Morgan fingerprint density at radius 2 is 2.23 bits per heavy atom. The summed E-state index contributed by atoms with van der Waals surface area (Å²) in [6.45, 7) is 4.89. The molecule has 0 aromatic carbocycles. The molecule has 0 bridgehead atoms. The Balaban J connectivity index is 2.18. The fourth-order valence-corrected chi connectivity index (χ4v) is 1.47. The van der Waals surface area contributed by atoms with Crippen molar-refractivity contribution in [3.05, 3.63) is 0 Å². The molecule has 0 amide bonds. The highest BCUT2D eigenvalue weighted by atomic mass is 19.3. The zero-order chi connectivity index (χ0) is 9.84. The molecule has 0 aromatic heterocycles. The summed E-state index contributed by atoms with van der Waals surface area (Å²) >= 11 is 0. The molecular formula is C9H17F2NO. The van der Waals surface area contributed by atoms with E-state index in [-0.39, 0.29) is 6.10 Å². The van der Waals surface area contributed by atoms with E-state index in [4.69, 9.17) is 4.74 Å². The summed E-state index contributed by atoms with van der Waals surface area (Å²) in [5.41, 5.74) is 0. The average molecular weight is 193 g/mol. The van der Waals surface area contributed by atoms with Gasteiger partial charge < -0.3 is 10.1 Å². The van der Waals surface area contributed by atoms with E-state index >= 15 is 0 Å². The monoisotopic (exact) mass is 193 g/mol. The van der Waals surface area contributed by atoms with Gasteiger partial charge in [-0.1, -0.05) is 0 Å². The third kappa shape index (κ3) is 3.19. The Morgan fingerprint density at radius 1 is 1.54 bits per heavy atom. The standard InChI is InChI=1S/C9H17F2NO/c1-6(9(10)11)12-5-8-3-4-13-7(8)2/h6-9,12H,3-5H2,1-2H3. The van der Waals surface area contributed by atoms with Gasteiger partial charge in [0.05, 0.1) is 12.1 Å². The third-order valence-corrected chi connectivity index (χ3v) is 2.61. The number of hydrogen-bond acceptors (Lipinski definition) is 2. The van der Waals surface area contributed by atoms with Crippen LogP contribution >= 0.6 is 0 Å². The maximum atomic E-state index is 12.1. The average Bonchev–Trinajstić information content (AvgIpc) is 2.47. The number of alkyl halides is 2. The molecule has 1 aliphatic heterocycles. The van der Waals surface area contributed by atoms with E-state index in [2.05, 4.69) is 5.32 Å². The molecule has 0 aliphatic carbocycles. The second kappa shape index (κ2) is 4.86. The van der Waals surface area contributed by atoms with Gasteiger partial charge in [0.25, 0.3) is 6.43 Å². The van der Waals surface area contributed by atoms with Crippen LogP contribution in [-0.4, -0.2) is 31.7 Å². The highest BCUT2D eigenvalue weighted by Gasteiger charge is 2.25. The SMILES string of the molecule is CC(NCC1CCOC1C)C(F)F. The first-order chi connectivity index (χ1) is 6.11. The van der Waals surface area contributed by atoms with Crippen molar-refractivity contribution in [2.24, 2.45) is 5.92 Å². The molecule has 0 aromatic rings. The first-order valence-electron chi connectivity index (χ1n) is 4.74. The van der Waals surface area contributed by atoms with Gasteiger partial charge in [0.2, 0.25) is 0 Å². The molecule has 3 unspecified atom stereocenters. The summed E-state index contributed by atoms with van der Waals surface area (Å²) in [7, 11) is 0.